The van der Waals surface area contributed by atoms with Gasteiger partial charge in [-0.25, -0.2) is 0 Å². The second-order valence-electron chi connectivity index (χ2n) is 5.51. The molecule has 1 aliphatic carbocycles. The maximum absolute atomic E-state index is 12.3. The fourth-order valence-electron chi connectivity index (χ4n) is 2.91. The lowest BCUT2D eigenvalue weighted by Gasteiger charge is -2.31. The van der Waals surface area contributed by atoms with E-state index in [0.717, 1.165) is 12.8 Å². The lowest BCUT2D eigenvalue weighted by Crippen LogP contribution is -2.42. The van der Waals surface area contributed by atoms with E-state index in [1.807, 2.05) is 0 Å². The van der Waals surface area contributed by atoms with E-state index < -0.39 is 28.6 Å². The first kappa shape index (κ1) is 15.9. The molecule has 0 radical (unpaired) electrons. The summed E-state index contributed by atoms with van der Waals surface area (Å²) >= 11 is 0. The number of nitrogens with one attached hydrogen (secondary N) is 1. The number of anilines is 1. The van der Waals surface area contributed by atoms with Gasteiger partial charge in [-0.15, -0.1) is 0 Å². The number of amides is 1. The molecule has 0 saturated heterocycles. The van der Waals surface area contributed by atoms with Crippen LogP contribution in [-0.4, -0.2) is 16.8 Å². The Morgan fingerprint density at radius 2 is 1.86 bits per heavy atom. The van der Waals surface area contributed by atoms with Crippen LogP contribution in [0.15, 0.2) is 18.2 Å². The highest BCUT2D eigenvalue weighted by Crippen LogP contribution is 2.32. The fourth-order valence-corrected chi connectivity index (χ4v) is 2.91. The van der Waals surface area contributed by atoms with Crippen LogP contribution in [0.4, 0.5) is 11.4 Å². The third-order valence-electron chi connectivity index (χ3n) is 4.17. The van der Waals surface area contributed by atoms with E-state index in [4.69, 9.17) is 0 Å². The number of benzene rings is 1. The Morgan fingerprint density at radius 3 is 2.45 bits per heavy atom. The minimum Gasteiger partial charge on any atom is -0.550 e. The van der Waals surface area contributed by atoms with Gasteiger partial charge in [0.2, 0.25) is 5.91 Å². The summed E-state index contributed by atoms with van der Waals surface area (Å²) in [6.07, 6.45) is 2.46. The molecule has 1 amide bonds. The summed E-state index contributed by atoms with van der Waals surface area (Å²) in [4.78, 5) is 33.9. The molecule has 1 aromatic rings. The zero-order chi connectivity index (χ0) is 16.3. The van der Waals surface area contributed by atoms with Crippen LogP contribution in [0, 0.1) is 28.9 Å². The quantitative estimate of drug-likeness (QED) is 0.667. The lowest BCUT2D eigenvalue weighted by atomic mass is 9.78. The molecular weight excluding hydrogens is 288 g/mol. The number of carbonyl (C=O) groups excluding carboxylic acids is 2. The van der Waals surface area contributed by atoms with Crippen molar-refractivity contribution >= 4 is 23.3 Å². The molecule has 118 valence electrons. The highest BCUT2D eigenvalue weighted by molar-refractivity contribution is 5.96. The second-order valence-corrected chi connectivity index (χ2v) is 5.51. The molecule has 0 spiro atoms. The van der Waals surface area contributed by atoms with Gasteiger partial charge < -0.3 is 15.2 Å². The monoisotopic (exact) mass is 305 g/mol. The number of carboxylic acids is 1. The van der Waals surface area contributed by atoms with Crippen molar-refractivity contribution in [3.05, 3.63) is 33.9 Å². The zero-order valence-electron chi connectivity index (χ0n) is 12.2. The molecular formula is C15H17N2O5-. The largest absolute Gasteiger partial charge is 0.550 e. The molecule has 1 aromatic carbocycles. The average molecular weight is 305 g/mol. The number of carboxylic acid groups (broad SMARTS) is 1. The maximum atomic E-state index is 12.3. The molecule has 0 unspecified atom stereocenters. The summed E-state index contributed by atoms with van der Waals surface area (Å²) in [5.41, 5.74) is 0.599. The first-order valence-corrected chi connectivity index (χ1v) is 7.17. The Hall–Kier alpha value is -2.44. The molecule has 22 heavy (non-hydrogen) atoms. The highest BCUT2D eigenvalue weighted by atomic mass is 16.6. The van der Waals surface area contributed by atoms with E-state index in [2.05, 4.69) is 5.32 Å². The Morgan fingerprint density at radius 1 is 1.23 bits per heavy atom. The maximum Gasteiger partial charge on any atom is 0.274 e. The number of hydrogen-bond acceptors (Lipinski definition) is 5. The summed E-state index contributed by atoms with van der Waals surface area (Å²) < 4.78 is 0. The van der Waals surface area contributed by atoms with Gasteiger partial charge in [0.25, 0.3) is 5.69 Å². The van der Waals surface area contributed by atoms with E-state index in [1.54, 1.807) is 13.0 Å². The van der Waals surface area contributed by atoms with E-state index in [0.29, 0.717) is 24.1 Å². The van der Waals surface area contributed by atoms with Crippen LogP contribution in [0.25, 0.3) is 0 Å². The van der Waals surface area contributed by atoms with E-state index >= 15 is 0 Å². The van der Waals surface area contributed by atoms with Gasteiger partial charge in [-0.05, 0) is 25.8 Å². The Balaban J connectivity index is 2.19. The van der Waals surface area contributed by atoms with Crippen LogP contribution < -0.4 is 10.4 Å². The number of aliphatic carboxylic acids is 1. The first-order chi connectivity index (χ1) is 10.4. The van der Waals surface area contributed by atoms with Crippen LogP contribution in [-0.2, 0) is 9.59 Å². The van der Waals surface area contributed by atoms with Crippen LogP contribution in [0.2, 0.25) is 0 Å². The predicted molar refractivity (Wildman–Crippen MR) is 76.9 cm³/mol. The summed E-state index contributed by atoms with van der Waals surface area (Å²) in [6.45, 7) is 1.55. The number of nitro benzene ring substituents is 1. The van der Waals surface area contributed by atoms with Crippen LogP contribution >= 0.6 is 0 Å². The molecule has 2 rings (SSSR count). The number of nitro groups is 1. The number of carbonyl (C=O) groups is 2. The standard InChI is InChI=1S/C15H18N2O5/c1-9-12(7-4-8-13(9)17(21)22)16-14(18)10-5-2-3-6-11(10)15(19)20/h4,7-8,10-11H,2-3,5-6H2,1H3,(H,16,18)(H,19,20)/p-1/t10-,11-/m0/s1. The molecule has 2 atom stereocenters. The average Bonchev–Trinajstić information content (AvgIpc) is 2.49. The second kappa shape index (κ2) is 6.55. The smallest absolute Gasteiger partial charge is 0.274 e. The van der Waals surface area contributed by atoms with Crippen molar-refractivity contribution < 1.29 is 19.6 Å². The molecule has 0 aliphatic heterocycles. The summed E-state index contributed by atoms with van der Waals surface area (Å²) in [6, 6.07) is 4.41. The van der Waals surface area contributed by atoms with Gasteiger partial charge in [0.05, 0.1) is 16.2 Å². The summed E-state index contributed by atoms with van der Waals surface area (Å²) in [5.74, 6) is -3.08. The van der Waals surface area contributed by atoms with E-state index in [9.17, 15) is 24.8 Å². The van der Waals surface area contributed by atoms with Crippen LogP contribution in [0.1, 0.15) is 31.2 Å². The van der Waals surface area contributed by atoms with Gasteiger partial charge in [0, 0.05) is 23.9 Å². The molecule has 0 bridgehead atoms. The minimum atomic E-state index is -1.21. The lowest BCUT2D eigenvalue weighted by molar-refractivity contribution is -0.385. The van der Waals surface area contributed by atoms with Crippen molar-refractivity contribution in [3.8, 4) is 0 Å². The Kier molecular flexibility index (Phi) is 4.75. The third-order valence-corrected chi connectivity index (χ3v) is 4.17. The molecule has 0 heterocycles. The molecule has 7 heteroatoms. The molecule has 0 aromatic heterocycles. The fraction of sp³-hybridized carbons (Fsp3) is 0.467. The molecule has 7 nitrogen and oxygen atoms in total. The van der Waals surface area contributed by atoms with Gasteiger partial charge in [-0.1, -0.05) is 18.9 Å². The van der Waals surface area contributed by atoms with E-state index in [-0.39, 0.29) is 5.69 Å². The Labute approximate surface area is 127 Å². The minimum absolute atomic E-state index is 0.0853. The van der Waals surface area contributed by atoms with Gasteiger partial charge in [0.1, 0.15) is 0 Å². The number of rotatable bonds is 4. The van der Waals surface area contributed by atoms with Crippen molar-refractivity contribution in [3.63, 3.8) is 0 Å². The van der Waals surface area contributed by atoms with Crippen LogP contribution in [0.5, 0.6) is 0 Å². The normalized spacial score (nSPS) is 21.1. The molecule has 1 saturated carbocycles. The van der Waals surface area contributed by atoms with Crippen molar-refractivity contribution in [2.45, 2.75) is 32.6 Å². The van der Waals surface area contributed by atoms with Crippen molar-refractivity contribution in [2.75, 3.05) is 5.32 Å². The third kappa shape index (κ3) is 3.24. The molecule has 1 fully saturated rings. The van der Waals surface area contributed by atoms with E-state index in [1.165, 1.54) is 12.1 Å². The zero-order valence-corrected chi connectivity index (χ0v) is 12.2. The van der Waals surface area contributed by atoms with Crippen molar-refractivity contribution in [1.82, 2.24) is 0 Å². The predicted octanol–water partition coefficient (Wildman–Crippen LogP) is 1.40. The van der Waals surface area contributed by atoms with Gasteiger partial charge in [0.15, 0.2) is 0 Å². The topological polar surface area (TPSA) is 112 Å². The molecule has 1 N–H and O–H groups in total. The van der Waals surface area contributed by atoms with Gasteiger partial charge in [-0.2, -0.15) is 0 Å². The summed E-state index contributed by atoms with van der Waals surface area (Å²) in [7, 11) is 0. The van der Waals surface area contributed by atoms with Crippen LogP contribution in [0.3, 0.4) is 0 Å². The highest BCUT2D eigenvalue weighted by Gasteiger charge is 2.32. The number of nitrogens with zero attached hydrogens (tertiary/aromatic N) is 1. The van der Waals surface area contributed by atoms with Gasteiger partial charge >= 0.3 is 0 Å². The van der Waals surface area contributed by atoms with Crippen molar-refractivity contribution in [1.29, 1.82) is 0 Å². The summed E-state index contributed by atoms with van der Waals surface area (Å²) in [5, 5.41) is 24.7. The van der Waals surface area contributed by atoms with Gasteiger partial charge in [-0.3, -0.25) is 14.9 Å². The SMILES string of the molecule is Cc1c(NC(=O)[C@H]2CCCC[C@@H]2C(=O)[O-])cccc1[N+](=O)[O-]. The molecule has 1 aliphatic rings. The van der Waals surface area contributed by atoms with Crippen molar-refractivity contribution in [2.24, 2.45) is 11.8 Å². The number of hydrogen-bond donors (Lipinski definition) is 1. The first-order valence-electron chi connectivity index (χ1n) is 7.17. The Bertz CT molecular complexity index is 614.